The van der Waals surface area contributed by atoms with Crippen LogP contribution in [0.3, 0.4) is 0 Å². The summed E-state index contributed by atoms with van der Waals surface area (Å²) >= 11 is 0. The summed E-state index contributed by atoms with van der Waals surface area (Å²) in [6.45, 7) is 12.6. The van der Waals surface area contributed by atoms with Crippen LogP contribution in [0.5, 0.6) is 0 Å². The number of fused-ring (bicyclic) bond motifs is 3. The van der Waals surface area contributed by atoms with Crippen LogP contribution in [0.15, 0.2) is 165 Å². The van der Waals surface area contributed by atoms with Crippen LogP contribution >= 0.6 is 0 Å². The molecule has 18 heteroatoms. The maximum absolute atomic E-state index is 14.6. The Kier molecular flexibility index (Phi) is 20.9. The SMILES string of the molecule is Cc1ccc(S(=O)(=O)N(CCCCN(CC2CC2)S(=O)(=O)c2ccc(C)cc2)CCCN(CCCN(CCCCN(CC2CC2)S(=O)(=O)c2ccc(C)cc2)S(=O)(=O)c2ccc(C)cc2)CCCn2c3ccccc3c3ccccc32)cc1. The van der Waals surface area contributed by atoms with E-state index in [9.17, 15) is 33.7 Å². The van der Waals surface area contributed by atoms with E-state index in [0.29, 0.717) is 83.1 Å². The lowest BCUT2D eigenvalue weighted by atomic mass is 10.2. The maximum Gasteiger partial charge on any atom is 0.243 e. The Morgan fingerprint density at radius 2 is 0.614 bits per heavy atom. The smallest absolute Gasteiger partial charge is 0.243 e. The molecular weight excluding hydrogens is 1120 g/mol. The molecule has 0 aliphatic heterocycles. The van der Waals surface area contributed by atoms with Crippen molar-refractivity contribution < 1.29 is 33.7 Å². The van der Waals surface area contributed by atoms with E-state index in [4.69, 9.17) is 0 Å². The third kappa shape index (κ3) is 16.2. The molecular formula is C65H84N6O8S4. The molecule has 0 amide bonds. The predicted molar refractivity (Wildman–Crippen MR) is 333 cm³/mol. The molecule has 0 N–H and O–H groups in total. The van der Waals surface area contributed by atoms with Gasteiger partial charge in [-0.2, -0.15) is 17.2 Å². The molecule has 0 bridgehead atoms. The molecule has 7 aromatic rings. The molecule has 0 unspecified atom stereocenters. The summed E-state index contributed by atoms with van der Waals surface area (Å²) in [6.07, 6.45) is 7.67. The van der Waals surface area contributed by atoms with Crippen molar-refractivity contribution in [3.63, 3.8) is 0 Å². The molecule has 2 aliphatic rings. The summed E-state index contributed by atoms with van der Waals surface area (Å²) in [7, 11) is -15.4. The van der Waals surface area contributed by atoms with Crippen molar-refractivity contribution in [1.29, 1.82) is 0 Å². The second kappa shape index (κ2) is 27.8. The van der Waals surface area contributed by atoms with Crippen LogP contribution in [-0.4, -0.2) is 132 Å². The summed E-state index contributed by atoms with van der Waals surface area (Å²) in [6, 6.07) is 44.6. The number of aromatic nitrogens is 1. The maximum atomic E-state index is 14.6. The summed E-state index contributed by atoms with van der Waals surface area (Å²) in [5.41, 5.74) is 6.16. The van der Waals surface area contributed by atoms with Gasteiger partial charge in [0.1, 0.15) is 0 Å². The minimum Gasteiger partial charge on any atom is -0.340 e. The number of benzene rings is 6. The summed E-state index contributed by atoms with van der Waals surface area (Å²) in [5, 5.41) is 2.38. The zero-order valence-electron chi connectivity index (χ0n) is 48.9. The molecule has 0 radical (unpaired) electrons. The lowest BCUT2D eigenvalue weighted by Gasteiger charge is -2.28. The number of unbranched alkanes of at least 4 members (excludes halogenated alkanes) is 2. The van der Waals surface area contributed by atoms with E-state index >= 15 is 0 Å². The van der Waals surface area contributed by atoms with Crippen molar-refractivity contribution in [2.24, 2.45) is 11.8 Å². The highest BCUT2D eigenvalue weighted by atomic mass is 32.2. The second-order valence-corrected chi connectivity index (χ2v) is 30.9. The van der Waals surface area contributed by atoms with E-state index in [-0.39, 0.29) is 58.9 Å². The average Bonchev–Trinajstić information content (AvgIpc) is 4.63. The molecule has 83 heavy (non-hydrogen) atoms. The van der Waals surface area contributed by atoms with Crippen LogP contribution in [0, 0.1) is 39.5 Å². The van der Waals surface area contributed by atoms with Gasteiger partial charge in [-0.25, -0.2) is 33.7 Å². The van der Waals surface area contributed by atoms with Crippen LogP contribution in [0.2, 0.25) is 0 Å². The molecule has 0 saturated heterocycles. The van der Waals surface area contributed by atoms with E-state index in [1.54, 1.807) is 90.0 Å². The van der Waals surface area contributed by atoms with Gasteiger partial charge in [0.2, 0.25) is 40.1 Å². The first-order chi connectivity index (χ1) is 39.8. The summed E-state index contributed by atoms with van der Waals surface area (Å²) in [5.74, 6) is 0.658. The van der Waals surface area contributed by atoms with E-state index in [2.05, 4.69) is 58.0 Å². The highest BCUT2D eigenvalue weighted by molar-refractivity contribution is 7.90. The van der Waals surface area contributed by atoms with Gasteiger partial charge < -0.3 is 9.47 Å². The Balaban J connectivity index is 0.910. The number of hydrogen-bond acceptors (Lipinski definition) is 9. The Morgan fingerprint density at radius 3 is 0.940 bits per heavy atom. The van der Waals surface area contributed by atoms with Gasteiger partial charge >= 0.3 is 0 Å². The fraction of sp³-hybridized carbons (Fsp3) is 0.446. The molecule has 2 fully saturated rings. The van der Waals surface area contributed by atoms with Gasteiger partial charge in [-0.05, 0) is 190 Å². The Bertz CT molecular complexity index is 3480. The van der Waals surface area contributed by atoms with Crippen molar-refractivity contribution >= 4 is 61.9 Å². The van der Waals surface area contributed by atoms with Crippen molar-refractivity contribution in [3.8, 4) is 0 Å². The van der Waals surface area contributed by atoms with E-state index < -0.39 is 40.1 Å². The van der Waals surface area contributed by atoms with Crippen molar-refractivity contribution in [3.05, 3.63) is 168 Å². The monoisotopic (exact) mass is 1200 g/mol. The predicted octanol–water partition coefficient (Wildman–Crippen LogP) is 11.6. The number of nitrogens with zero attached hydrogens (tertiary/aromatic N) is 6. The fourth-order valence-corrected chi connectivity index (χ4v) is 17.2. The molecule has 9 rings (SSSR count). The van der Waals surface area contributed by atoms with Crippen LogP contribution in [-0.2, 0) is 46.6 Å². The molecule has 1 aromatic heterocycles. The lowest BCUT2D eigenvalue weighted by Crippen LogP contribution is -2.38. The zero-order chi connectivity index (χ0) is 58.8. The molecule has 2 aliphatic carbocycles. The van der Waals surface area contributed by atoms with Crippen LogP contribution in [0.4, 0.5) is 0 Å². The van der Waals surface area contributed by atoms with E-state index in [0.717, 1.165) is 71.9 Å². The van der Waals surface area contributed by atoms with Crippen molar-refractivity contribution in [2.75, 3.05) is 72.0 Å². The van der Waals surface area contributed by atoms with Crippen LogP contribution < -0.4 is 0 Å². The molecule has 0 atom stereocenters. The van der Waals surface area contributed by atoms with Crippen molar-refractivity contribution in [2.45, 2.75) is 124 Å². The van der Waals surface area contributed by atoms with Gasteiger partial charge in [0.25, 0.3) is 0 Å². The molecule has 2 saturated carbocycles. The highest BCUT2D eigenvalue weighted by Crippen LogP contribution is 2.34. The van der Waals surface area contributed by atoms with E-state index in [1.165, 1.54) is 10.8 Å². The minimum absolute atomic E-state index is 0.210. The van der Waals surface area contributed by atoms with Gasteiger partial charge in [0, 0.05) is 80.7 Å². The number of rotatable bonds is 34. The first-order valence-electron chi connectivity index (χ1n) is 29.8. The number of sulfonamides is 4. The zero-order valence-corrected chi connectivity index (χ0v) is 52.1. The first-order valence-corrected chi connectivity index (χ1v) is 35.5. The first kappa shape index (κ1) is 62.3. The average molecular weight is 1210 g/mol. The molecule has 14 nitrogen and oxygen atoms in total. The number of aryl methyl sites for hydroxylation is 5. The third-order valence-corrected chi connectivity index (χ3v) is 24.0. The van der Waals surface area contributed by atoms with Crippen LogP contribution in [0.1, 0.15) is 92.9 Å². The molecule has 446 valence electrons. The normalized spacial score (nSPS) is 14.6. The standard InChI is InChI=1S/C65H84N6O8S4/c1-52-20-32-58(33-21-52)80(72,73)67(43-9-11-45-69(50-56-28-29-56)82(76,77)60-36-24-54(3)25-37-60)47-13-40-66(42-15-49-71-64-18-7-5-16-62(64)63-17-6-8-19-65(63)71)41-14-48-68(81(74,75)59-34-22-53(2)23-35-59)44-10-12-46-70(51-57-30-31-57)83(78,79)61-38-26-55(4)27-39-61/h5-8,16-27,32-39,56-57H,9-15,28-31,40-51H2,1-4H3. The van der Waals surface area contributed by atoms with Gasteiger partial charge in [-0.3, -0.25) is 0 Å². The quantitative estimate of drug-likeness (QED) is 0.0358. The van der Waals surface area contributed by atoms with Crippen molar-refractivity contribution in [1.82, 2.24) is 26.7 Å². The van der Waals surface area contributed by atoms with Gasteiger partial charge in [0.05, 0.1) is 19.6 Å². The van der Waals surface area contributed by atoms with Gasteiger partial charge in [0.15, 0.2) is 0 Å². The summed E-state index contributed by atoms with van der Waals surface area (Å²) in [4.78, 5) is 3.28. The number of para-hydroxylation sites is 2. The third-order valence-electron chi connectivity index (χ3n) is 16.4. The highest BCUT2D eigenvalue weighted by Gasteiger charge is 2.34. The lowest BCUT2D eigenvalue weighted by molar-refractivity contribution is 0.240. The topological polar surface area (TPSA) is 158 Å². The van der Waals surface area contributed by atoms with Gasteiger partial charge in [-0.15, -0.1) is 0 Å². The van der Waals surface area contributed by atoms with E-state index in [1.807, 2.05) is 52.0 Å². The Morgan fingerprint density at radius 1 is 0.337 bits per heavy atom. The molecule has 0 spiro atoms. The second-order valence-electron chi connectivity index (χ2n) is 23.2. The Hall–Kier alpha value is -5.28. The number of hydrogen-bond donors (Lipinski definition) is 0. The van der Waals surface area contributed by atoms with Gasteiger partial charge in [-0.1, -0.05) is 107 Å². The van der Waals surface area contributed by atoms with Crippen LogP contribution in [0.25, 0.3) is 21.8 Å². The largest absolute Gasteiger partial charge is 0.340 e. The fourth-order valence-electron chi connectivity index (χ4n) is 11.1. The molecule has 1 heterocycles. The Labute approximate surface area is 495 Å². The molecule has 6 aromatic carbocycles. The summed E-state index contributed by atoms with van der Waals surface area (Å²) < 4.78 is 123. The minimum atomic E-state index is -3.94.